The van der Waals surface area contributed by atoms with E-state index in [2.05, 4.69) is 15.3 Å². The standard InChI is InChI=1S/C13H19N3O/c17-8-13(6-1-2-7-13)16-12-10-4-3-5-11(10)14-9-15-12/h9,17H,1-8H2,(H,14,15,16). The normalized spacial score (nSPS) is 21.5. The summed E-state index contributed by atoms with van der Waals surface area (Å²) in [5.74, 6) is 0.962. The summed E-state index contributed by atoms with van der Waals surface area (Å²) < 4.78 is 0. The van der Waals surface area contributed by atoms with Crippen LogP contribution in [-0.4, -0.2) is 27.2 Å². The predicted octanol–water partition coefficient (Wildman–Crippen LogP) is 1.68. The van der Waals surface area contributed by atoms with E-state index < -0.39 is 0 Å². The number of aliphatic hydroxyl groups excluding tert-OH is 1. The van der Waals surface area contributed by atoms with Crippen molar-refractivity contribution in [2.45, 2.75) is 50.5 Å². The molecule has 0 amide bonds. The van der Waals surface area contributed by atoms with E-state index in [9.17, 15) is 5.11 Å². The number of nitrogens with one attached hydrogen (secondary N) is 1. The van der Waals surface area contributed by atoms with Crippen LogP contribution in [0, 0.1) is 0 Å². The summed E-state index contributed by atoms with van der Waals surface area (Å²) >= 11 is 0. The van der Waals surface area contributed by atoms with Gasteiger partial charge in [-0.2, -0.15) is 0 Å². The first kappa shape index (κ1) is 11.0. The molecule has 1 fully saturated rings. The summed E-state index contributed by atoms with van der Waals surface area (Å²) in [4.78, 5) is 8.70. The third-order valence-corrected chi connectivity index (χ3v) is 4.12. The van der Waals surface area contributed by atoms with Crippen molar-refractivity contribution >= 4 is 5.82 Å². The quantitative estimate of drug-likeness (QED) is 0.834. The minimum atomic E-state index is -0.134. The van der Waals surface area contributed by atoms with Crippen molar-refractivity contribution in [3.05, 3.63) is 17.6 Å². The Hall–Kier alpha value is -1.16. The maximum absolute atomic E-state index is 9.62. The average molecular weight is 233 g/mol. The number of nitrogens with zero attached hydrogens (tertiary/aromatic N) is 2. The van der Waals surface area contributed by atoms with Crippen molar-refractivity contribution in [2.24, 2.45) is 0 Å². The number of fused-ring (bicyclic) bond motifs is 1. The van der Waals surface area contributed by atoms with Crippen LogP contribution in [0.15, 0.2) is 6.33 Å². The van der Waals surface area contributed by atoms with Gasteiger partial charge in [0.2, 0.25) is 0 Å². The molecule has 1 heterocycles. The predicted molar refractivity (Wildman–Crippen MR) is 66.0 cm³/mol. The molecule has 17 heavy (non-hydrogen) atoms. The van der Waals surface area contributed by atoms with E-state index in [1.807, 2.05) is 0 Å². The zero-order valence-corrected chi connectivity index (χ0v) is 10.1. The van der Waals surface area contributed by atoms with Crippen molar-refractivity contribution < 1.29 is 5.11 Å². The number of anilines is 1. The van der Waals surface area contributed by atoms with Crippen LogP contribution in [0.3, 0.4) is 0 Å². The Kier molecular flexibility index (Phi) is 2.74. The van der Waals surface area contributed by atoms with Gasteiger partial charge < -0.3 is 10.4 Å². The smallest absolute Gasteiger partial charge is 0.133 e. The Bertz CT molecular complexity index is 413. The van der Waals surface area contributed by atoms with Crippen LogP contribution in [0.2, 0.25) is 0 Å². The molecule has 0 saturated heterocycles. The Morgan fingerprint density at radius 3 is 2.76 bits per heavy atom. The summed E-state index contributed by atoms with van der Waals surface area (Å²) in [5.41, 5.74) is 2.32. The van der Waals surface area contributed by atoms with E-state index in [4.69, 9.17) is 0 Å². The highest BCUT2D eigenvalue weighted by molar-refractivity contribution is 5.50. The zero-order chi connectivity index (χ0) is 11.7. The molecule has 0 aliphatic heterocycles. The summed E-state index contributed by atoms with van der Waals surface area (Å²) in [6.07, 6.45) is 9.44. The van der Waals surface area contributed by atoms with Gasteiger partial charge in [0.25, 0.3) is 0 Å². The number of hydrogen-bond donors (Lipinski definition) is 2. The molecule has 1 aromatic heterocycles. The first-order valence-corrected chi connectivity index (χ1v) is 6.55. The molecule has 3 rings (SSSR count). The van der Waals surface area contributed by atoms with Crippen LogP contribution in [0.5, 0.6) is 0 Å². The molecule has 2 aliphatic rings. The second kappa shape index (κ2) is 4.26. The maximum Gasteiger partial charge on any atom is 0.133 e. The first-order chi connectivity index (χ1) is 8.33. The average Bonchev–Trinajstić information content (AvgIpc) is 2.98. The van der Waals surface area contributed by atoms with Gasteiger partial charge in [-0.1, -0.05) is 12.8 Å². The molecule has 0 bridgehead atoms. The van der Waals surface area contributed by atoms with Crippen molar-refractivity contribution in [1.82, 2.24) is 9.97 Å². The summed E-state index contributed by atoms with van der Waals surface area (Å²) in [6, 6.07) is 0. The summed E-state index contributed by atoms with van der Waals surface area (Å²) in [7, 11) is 0. The first-order valence-electron chi connectivity index (χ1n) is 6.55. The van der Waals surface area contributed by atoms with Crippen molar-refractivity contribution in [2.75, 3.05) is 11.9 Å². The molecule has 92 valence electrons. The number of aromatic nitrogens is 2. The molecule has 0 unspecified atom stereocenters. The molecule has 2 aliphatic carbocycles. The number of aryl methyl sites for hydroxylation is 1. The second-order valence-electron chi connectivity index (χ2n) is 5.27. The van der Waals surface area contributed by atoms with Crippen LogP contribution >= 0.6 is 0 Å². The Morgan fingerprint density at radius 1 is 1.18 bits per heavy atom. The third-order valence-electron chi connectivity index (χ3n) is 4.12. The molecule has 0 spiro atoms. The summed E-state index contributed by atoms with van der Waals surface area (Å²) in [5, 5.41) is 13.1. The highest BCUT2D eigenvalue weighted by atomic mass is 16.3. The topological polar surface area (TPSA) is 58.0 Å². The molecular formula is C13H19N3O. The van der Waals surface area contributed by atoms with E-state index in [1.165, 1.54) is 30.5 Å². The molecule has 0 aromatic carbocycles. The van der Waals surface area contributed by atoms with E-state index in [0.717, 1.165) is 31.5 Å². The van der Waals surface area contributed by atoms with Crippen LogP contribution in [0.4, 0.5) is 5.82 Å². The lowest BCUT2D eigenvalue weighted by atomic mass is 9.98. The molecular weight excluding hydrogens is 214 g/mol. The highest BCUT2D eigenvalue weighted by Gasteiger charge is 2.34. The van der Waals surface area contributed by atoms with Gasteiger partial charge in [-0.25, -0.2) is 9.97 Å². The lowest BCUT2D eigenvalue weighted by molar-refractivity contribution is 0.213. The van der Waals surface area contributed by atoms with Crippen molar-refractivity contribution in [3.8, 4) is 0 Å². The number of aliphatic hydroxyl groups is 1. The van der Waals surface area contributed by atoms with E-state index >= 15 is 0 Å². The molecule has 1 aromatic rings. The van der Waals surface area contributed by atoms with Gasteiger partial charge in [-0.3, -0.25) is 0 Å². The molecule has 4 heteroatoms. The van der Waals surface area contributed by atoms with Gasteiger partial charge in [0.05, 0.1) is 12.1 Å². The van der Waals surface area contributed by atoms with Crippen molar-refractivity contribution in [1.29, 1.82) is 0 Å². The molecule has 0 atom stereocenters. The molecule has 4 nitrogen and oxygen atoms in total. The van der Waals surface area contributed by atoms with Crippen molar-refractivity contribution in [3.63, 3.8) is 0 Å². The largest absolute Gasteiger partial charge is 0.394 e. The van der Waals surface area contributed by atoms with Gasteiger partial charge in [0.15, 0.2) is 0 Å². The van der Waals surface area contributed by atoms with E-state index in [1.54, 1.807) is 6.33 Å². The lowest BCUT2D eigenvalue weighted by Crippen LogP contribution is -2.39. The summed E-state index contributed by atoms with van der Waals surface area (Å²) in [6.45, 7) is 0.200. The fourth-order valence-corrected chi connectivity index (χ4v) is 3.09. The fraction of sp³-hybridized carbons (Fsp3) is 0.692. The second-order valence-corrected chi connectivity index (χ2v) is 5.27. The minimum absolute atomic E-state index is 0.134. The van der Waals surface area contributed by atoms with Crippen LogP contribution < -0.4 is 5.32 Å². The molecule has 0 radical (unpaired) electrons. The zero-order valence-electron chi connectivity index (χ0n) is 10.1. The van der Waals surface area contributed by atoms with E-state index in [0.29, 0.717) is 0 Å². The van der Waals surface area contributed by atoms with Gasteiger partial charge in [0, 0.05) is 11.3 Å². The third kappa shape index (κ3) is 1.90. The van der Waals surface area contributed by atoms with Crippen LogP contribution in [0.1, 0.15) is 43.4 Å². The Labute approximate surface area is 101 Å². The molecule has 1 saturated carbocycles. The monoisotopic (exact) mass is 233 g/mol. The van der Waals surface area contributed by atoms with Crippen LogP contribution in [-0.2, 0) is 12.8 Å². The highest BCUT2D eigenvalue weighted by Crippen LogP contribution is 2.34. The molecule has 2 N–H and O–H groups in total. The van der Waals surface area contributed by atoms with Crippen LogP contribution in [0.25, 0.3) is 0 Å². The van der Waals surface area contributed by atoms with E-state index in [-0.39, 0.29) is 12.1 Å². The Morgan fingerprint density at radius 2 is 2.00 bits per heavy atom. The number of hydrogen-bond acceptors (Lipinski definition) is 4. The lowest BCUT2D eigenvalue weighted by Gasteiger charge is -2.29. The van der Waals surface area contributed by atoms with Gasteiger partial charge >= 0.3 is 0 Å². The maximum atomic E-state index is 9.62. The van der Waals surface area contributed by atoms with Gasteiger partial charge in [-0.05, 0) is 32.1 Å². The SMILES string of the molecule is OCC1(Nc2ncnc3c2CCC3)CCCC1. The minimum Gasteiger partial charge on any atom is -0.394 e. The number of rotatable bonds is 3. The fourth-order valence-electron chi connectivity index (χ4n) is 3.09. The van der Waals surface area contributed by atoms with Gasteiger partial charge in [0.1, 0.15) is 12.1 Å². The van der Waals surface area contributed by atoms with Gasteiger partial charge in [-0.15, -0.1) is 0 Å². The Balaban J connectivity index is 1.87.